The first kappa shape index (κ1) is 17.3. The highest BCUT2D eigenvalue weighted by atomic mass is 28.4. The Labute approximate surface area is 109 Å². The Bertz CT molecular complexity index is 160. The van der Waals surface area contributed by atoms with Crippen LogP contribution in [0.15, 0.2) is 0 Å². The van der Waals surface area contributed by atoms with Gasteiger partial charge in [-0.2, -0.15) is 0 Å². The highest BCUT2D eigenvalue weighted by Gasteiger charge is 2.45. The van der Waals surface area contributed by atoms with Gasteiger partial charge in [0, 0.05) is 31.1 Å². The lowest BCUT2D eigenvalue weighted by Gasteiger charge is -2.36. The maximum atomic E-state index is 5.81. The van der Waals surface area contributed by atoms with E-state index in [1.165, 1.54) is 0 Å². The van der Waals surface area contributed by atoms with Crippen molar-refractivity contribution in [2.75, 3.05) is 26.4 Å². The van der Waals surface area contributed by atoms with Gasteiger partial charge >= 0.3 is 18.6 Å². The molecule has 0 rings (SSSR count). The second-order valence-electron chi connectivity index (χ2n) is 4.31. The molecule has 4 nitrogen and oxygen atoms in total. The van der Waals surface area contributed by atoms with Gasteiger partial charge in [-0.25, -0.2) is 0 Å². The second kappa shape index (κ2) is 9.24. The number of hydrogen-bond acceptors (Lipinski definition) is 4. The molecule has 0 bridgehead atoms. The maximum Gasteiger partial charge on any atom is 0.328 e. The summed E-state index contributed by atoms with van der Waals surface area (Å²) in [6.45, 7) is 15.1. The summed E-state index contributed by atoms with van der Waals surface area (Å²) in [5, 5.41) is 0. The lowest BCUT2D eigenvalue weighted by Crippen LogP contribution is -2.48. The molecule has 0 aromatic heterocycles. The van der Waals surface area contributed by atoms with E-state index in [-0.39, 0.29) is 4.66 Å². The van der Waals surface area contributed by atoms with E-state index < -0.39 is 18.6 Å². The topological polar surface area (TPSA) is 36.9 Å². The molecular weight excluding hydrogens is 252 g/mol. The van der Waals surface area contributed by atoms with Crippen molar-refractivity contribution in [3.8, 4) is 0 Å². The minimum Gasteiger partial charge on any atom is -0.397 e. The summed E-state index contributed by atoms with van der Waals surface area (Å²) in [7, 11) is -3.50. The maximum absolute atomic E-state index is 5.81. The van der Waals surface area contributed by atoms with E-state index in [9.17, 15) is 0 Å². The van der Waals surface area contributed by atoms with Crippen LogP contribution in [-0.2, 0) is 17.7 Å². The Kier molecular flexibility index (Phi) is 9.39. The summed E-state index contributed by atoms with van der Waals surface area (Å²) in [4.78, 5) is 0. The molecule has 0 unspecified atom stereocenters. The summed E-state index contributed by atoms with van der Waals surface area (Å²) in [5.74, 6) is 0. The molecule has 0 fully saturated rings. The molecule has 104 valence electrons. The fraction of sp³-hybridized carbons (Fsp3) is 1.00. The molecule has 0 aromatic carbocycles. The molecule has 0 heterocycles. The van der Waals surface area contributed by atoms with Gasteiger partial charge in [0.1, 0.15) is 0 Å². The van der Waals surface area contributed by atoms with Crippen molar-refractivity contribution in [3.63, 3.8) is 0 Å². The van der Waals surface area contributed by atoms with Gasteiger partial charge in [0.05, 0.1) is 0 Å². The first-order valence-corrected chi connectivity index (χ1v) is 9.54. The van der Waals surface area contributed by atoms with Crippen LogP contribution < -0.4 is 0 Å². The summed E-state index contributed by atoms with van der Waals surface area (Å²) in [6.07, 6.45) is 0. The molecule has 0 radical (unpaired) electrons. The monoisotopic (exact) mass is 280 g/mol. The van der Waals surface area contributed by atoms with Crippen molar-refractivity contribution < 1.29 is 17.7 Å². The van der Waals surface area contributed by atoms with Crippen LogP contribution in [0.2, 0.25) is 4.66 Å². The summed E-state index contributed by atoms with van der Waals surface area (Å²) in [6, 6.07) is 0. The van der Waals surface area contributed by atoms with Gasteiger partial charge in [0.25, 0.3) is 0 Å². The van der Waals surface area contributed by atoms with Gasteiger partial charge in [0.15, 0.2) is 0 Å². The average Bonchev–Trinajstić information content (AvgIpc) is 2.28. The molecular formula is C11H28O4Si2. The van der Waals surface area contributed by atoms with Crippen molar-refractivity contribution in [1.29, 1.82) is 0 Å². The lowest BCUT2D eigenvalue weighted by atomic mass is 10.5. The van der Waals surface area contributed by atoms with Crippen LogP contribution in [0.1, 0.15) is 41.5 Å². The molecule has 0 aromatic rings. The molecule has 0 N–H and O–H groups in total. The first-order valence-electron chi connectivity index (χ1n) is 6.50. The molecule has 0 aliphatic rings. The SMILES string of the molecule is CCO[SiH](OCC)C(C)(C)[SiH](OCC)OCC. The summed E-state index contributed by atoms with van der Waals surface area (Å²) >= 11 is 0. The minimum absolute atomic E-state index is 0.0714. The molecule has 0 aliphatic heterocycles. The number of hydrogen-bond donors (Lipinski definition) is 0. The standard InChI is InChI=1S/C11H28O4Si2/c1-7-12-16(13-8-2)11(5,6)17(14-9-3)15-10-4/h16-17H,7-10H2,1-6H3. The third kappa shape index (κ3) is 5.63. The van der Waals surface area contributed by atoms with E-state index >= 15 is 0 Å². The zero-order valence-corrected chi connectivity index (χ0v) is 14.4. The lowest BCUT2D eigenvalue weighted by molar-refractivity contribution is 0.168. The highest BCUT2D eigenvalue weighted by molar-refractivity contribution is 6.70. The third-order valence-corrected chi connectivity index (χ3v) is 9.09. The van der Waals surface area contributed by atoms with Gasteiger partial charge in [-0.3, -0.25) is 0 Å². The van der Waals surface area contributed by atoms with E-state index in [1.54, 1.807) is 0 Å². The Morgan fingerprint density at radius 2 is 0.882 bits per heavy atom. The van der Waals surface area contributed by atoms with Crippen molar-refractivity contribution in [1.82, 2.24) is 0 Å². The third-order valence-electron chi connectivity index (χ3n) is 2.49. The van der Waals surface area contributed by atoms with E-state index in [0.29, 0.717) is 26.4 Å². The quantitative estimate of drug-likeness (QED) is 0.573. The van der Waals surface area contributed by atoms with Gasteiger partial charge in [-0.05, 0) is 27.7 Å². The fourth-order valence-electron chi connectivity index (χ4n) is 1.67. The van der Waals surface area contributed by atoms with Gasteiger partial charge < -0.3 is 17.7 Å². The Morgan fingerprint density at radius 1 is 0.647 bits per heavy atom. The Hall–Kier alpha value is 0.274. The predicted molar refractivity (Wildman–Crippen MR) is 74.8 cm³/mol. The molecule has 0 aliphatic carbocycles. The van der Waals surface area contributed by atoms with E-state index in [2.05, 4.69) is 13.8 Å². The molecule has 17 heavy (non-hydrogen) atoms. The molecule has 0 saturated carbocycles. The first-order chi connectivity index (χ1) is 8.04. The fourth-order valence-corrected chi connectivity index (χ4v) is 6.84. The Balaban J connectivity index is 4.71. The molecule has 0 saturated heterocycles. The normalized spacial score (nSPS) is 12.7. The van der Waals surface area contributed by atoms with Crippen molar-refractivity contribution in [2.45, 2.75) is 46.2 Å². The largest absolute Gasteiger partial charge is 0.397 e. The smallest absolute Gasteiger partial charge is 0.328 e. The van der Waals surface area contributed by atoms with Crippen molar-refractivity contribution in [3.05, 3.63) is 0 Å². The van der Waals surface area contributed by atoms with Crippen LogP contribution in [0.3, 0.4) is 0 Å². The van der Waals surface area contributed by atoms with Crippen LogP contribution in [-0.4, -0.2) is 45.0 Å². The minimum atomic E-state index is -1.75. The number of rotatable bonds is 10. The van der Waals surface area contributed by atoms with Gasteiger partial charge in [-0.15, -0.1) is 0 Å². The van der Waals surface area contributed by atoms with Crippen molar-refractivity contribution >= 4 is 18.6 Å². The van der Waals surface area contributed by atoms with E-state index in [4.69, 9.17) is 17.7 Å². The van der Waals surface area contributed by atoms with Crippen LogP contribution >= 0.6 is 0 Å². The van der Waals surface area contributed by atoms with Crippen molar-refractivity contribution in [2.24, 2.45) is 0 Å². The van der Waals surface area contributed by atoms with Crippen LogP contribution in [0.5, 0.6) is 0 Å². The molecule has 0 amide bonds. The second-order valence-corrected chi connectivity index (χ2v) is 10.6. The highest BCUT2D eigenvalue weighted by Crippen LogP contribution is 2.34. The predicted octanol–water partition coefficient (Wildman–Crippen LogP) is 1.89. The van der Waals surface area contributed by atoms with Crippen LogP contribution in [0, 0.1) is 0 Å². The summed E-state index contributed by atoms with van der Waals surface area (Å²) in [5.41, 5.74) is 0. The van der Waals surface area contributed by atoms with Gasteiger partial charge in [0.2, 0.25) is 0 Å². The molecule has 6 heteroatoms. The molecule has 0 spiro atoms. The van der Waals surface area contributed by atoms with E-state index in [0.717, 1.165) is 0 Å². The van der Waals surface area contributed by atoms with Crippen LogP contribution in [0.25, 0.3) is 0 Å². The van der Waals surface area contributed by atoms with E-state index in [1.807, 2.05) is 27.7 Å². The Morgan fingerprint density at radius 3 is 1.06 bits per heavy atom. The zero-order valence-electron chi connectivity index (χ0n) is 12.1. The molecule has 0 atom stereocenters. The summed E-state index contributed by atoms with van der Waals surface area (Å²) < 4.78 is 23.2. The van der Waals surface area contributed by atoms with Gasteiger partial charge in [-0.1, -0.05) is 13.8 Å². The zero-order chi connectivity index (χ0) is 13.3. The average molecular weight is 281 g/mol. The van der Waals surface area contributed by atoms with Crippen LogP contribution in [0.4, 0.5) is 0 Å².